The van der Waals surface area contributed by atoms with Crippen LogP contribution in [0.4, 0.5) is 4.39 Å². The molecule has 0 bridgehead atoms. The van der Waals surface area contributed by atoms with Gasteiger partial charge in [-0.1, -0.05) is 0 Å². The minimum absolute atomic E-state index is 0.280. The van der Waals surface area contributed by atoms with E-state index in [-0.39, 0.29) is 11.4 Å². The van der Waals surface area contributed by atoms with Crippen LogP contribution in [0.15, 0.2) is 35.3 Å². The number of benzene rings is 1. The normalized spacial score (nSPS) is 10.9. The topological polar surface area (TPSA) is 74.4 Å². The first-order valence-corrected chi connectivity index (χ1v) is 4.93. The summed E-state index contributed by atoms with van der Waals surface area (Å²) in [5.41, 5.74) is 1.09. The molecule has 0 aliphatic rings. The highest BCUT2D eigenvalue weighted by atomic mass is 19.1. The van der Waals surface area contributed by atoms with E-state index < -0.39 is 0 Å². The highest BCUT2D eigenvalue weighted by Crippen LogP contribution is 2.17. The van der Waals surface area contributed by atoms with E-state index in [1.165, 1.54) is 24.4 Å². The lowest BCUT2D eigenvalue weighted by atomic mass is 10.1. The number of aromatic nitrogens is 4. The molecule has 2 N–H and O–H groups in total. The Bertz CT molecular complexity index is 733. The molecule has 17 heavy (non-hydrogen) atoms. The molecule has 84 valence electrons. The van der Waals surface area contributed by atoms with Gasteiger partial charge in [-0.15, -0.1) is 0 Å². The summed E-state index contributed by atoms with van der Waals surface area (Å²) in [5, 5.41) is 10.5. The first-order valence-electron chi connectivity index (χ1n) is 4.93. The van der Waals surface area contributed by atoms with Crippen molar-refractivity contribution >= 4 is 10.9 Å². The molecule has 6 heteroatoms. The van der Waals surface area contributed by atoms with Gasteiger partial charge < -0.3 is 4.98 Å². The van der Waals surface area contributed by atoms with Gasteiger partial charge in [0.15, 0.2) is 0 Å². The fourth-order valence-electron chi connectivity index (χ4n) is 1.70. The SMILES string of the molecule is O=c1[nH]c2ccc(F)cc2cc1-c1cn[nH]n1. The highest BCUT2D eigenvalue weighted by molar-refractivity contribution is 5.82. The van der Waals surface area contributed by atoms with Crippen molar-refractivity contribution in [3.05, 3.63) is 46.6 Å². The van der Waals surface area contributed by atoms with Crippen LogP contribution < -0.4 is 5.56 Å². The number of hydrogen-bond acceptors (Lipinski definition) is 3. The van der Waals surface area contributed by atoms with Crippen LogP contribution in [0.3, 0.4) is 0 Å². The van der Waals surface area contributed by atoms with Crippen molar-refractivity contribution in [3.8, 4) is 11.3 Å². The Morgan fingerprint density at radius 3 is 2.88 bits per heavy atom. The molecule has 0 aliphatic heterocycles. The molecule has 0 saturated carbocycles. The zero-order valence-corrected chi connectivity index (χ0v) is 8.57. The van der Waals surface area contributed by atoms with Crippen LogP contribution in [0.1, 0.15) is 0 Å². The van der Waals surface area contributed by atoms with Gasteiger partial charge in [0.05, 0.1) is 11.8 Å². The van der Waals surface area contributed by atoms with E-state index in [0.29, 0.717) is 22.2 Å². The Labute approximate surface area is 94.3 Å². The third-order valence-electron chi connectivity index (χ3n) is 2.50. The van der Waals surface area contributed by atoms with Gasteiger partial charge in [0.2, 0.25) is 0 Å². The number of pyridine rings is 1. The van der Waals surface area contributed by atoms with Crippen LogP contribution >= 0.6 is 0 Å². The van der Waals surface area contributed by atoms with E-state index in [9.17, 15) is 9.18 Å². The second-order valence-electron chi connectivity index (χ2n) is 3.60. The average Bonchev–Trinajstić information content (AvgIpc) is 2.82. The van der Waals surface area contributed by atoms with E-state index in [1.54, 1.807) is 6.07 Å². The maximum atomic E-state index is 13.1. The monoisotopic (exact) mass is 230 g/mol. The maximum Gasteiger partial charge on any atom is 0.258 e. The molecule has 0 fully saturated rings. The summed E-state index contributed by atoms with van der Waals surface area (Å²) >= 11 is 0. The summed E-state index contributed by atoms with van der Waals surface area (Å²) in [7, 11) is 0. The van der Waals surface area contributed by atoms with Gasteiger partial charge in [-0.2, -0.15) is 15.4 Å². The Kier molecular flexibility index (Phi) is 2.01. The Balaban J connectivity index is 2.33. The minimum atomic E-state index is -0.351. The average molecular weight is 230 g/mol. The van der Waals surface area contributed by atoms with Gasteiger partial charge in [-0.05, 0) is 24.3 Å². The molecule has 0 spiro atoms. The van der Waals surface area contributed by atoms with Crippen molar-refractivity contribution in [3.63, 3.8) is 0 Å². The largest absolute Gasteiger partial charge is 0.321 e. The van der Waals surface area contributed by atoms with Crippen LogP contribution in [0.2, 0.25) is 0 Å². The molecule has 0 radical (unpaired) electrons. The summed E-state index contributed by atoms with van der Waals surface area (Å²) in [6.07, 6.45) is 1.44. The predicted octanol–water partition coefficient (Wildman–Crippen LogP) is 1.45. The van der Waals surface area contributed by atoms with E-state index in [2.05, 4.69) is 20.4 Å². The van der Waals surface area contributed by atoms with Crippen molar-refractivity contribution in [1.82, 2.24) is 20.4 Å². The van der Waals surface area contributed by atoms with E-state index >= 15 is 0 Å². The number of aromatic amines is 2. The number of fused-ring (bicyclic) bond motifs is 1. The van der Waals surface area contributed by atoms with Crippen molar-refractivity contribution < 1.29 is 4.39 Å². The van der Waals surface area contributed by atoms with Crippen LogP contribution in [0, 0.1) is 5.82 Å². The highest BCUT2D eigenvalue weighted by Gasteiger charge is 2.08. The van der Waals surface area contributed by atoms with E-state index in [1.807, 2.05) is 0 Å². The summed E-state index contributed by atoms with van der Waals surface area (Å²) in [5.74, 6) is -0.351. The first-order chi connectivity index (χ1) is 8.24. The van der Waals surface area contributed by atoms with Gasteiger partial charge in [-0.25, -0.2) is 4.39 Å². The number of nitrogens with one attached hydrogen (secondary N) is 2. The zero-order chi connectivity index (χ0) is 11.8. The number of nitrogens with zero attached hydrogens (tertiary/aromatic N) is 2. The number of hydrogen-bond donors (Lipinski definition) is 2. The fourth-order valence-corrected chi connectivity index (χ4v) is 1.70. The molecule has 0 unspecified atom stereocenters. The summed E-state index contributed by atoms with van der Waals surface area (Å²) < 4.78 is 13.1. The molecule has 3 rings (SSSR count). The van der Waals surface area contributed by atoms with Gasteiger partial charge in [0.1, 0.15) is 11.5 Å². The van der Waals surface area contributed by atoms with Gasteiger partial charge in [0, 0.05) is 10.9 Å². The number of halogens is 1. The second-order valence-corrected chi connectivity index (χ2v) is 3.60. The quantitative estimate of drug-likeness (QED) is 0.664. The molecular weight excluding hydrogens is 223 g/mol. The standard InChI is InChI=1S/C11H7FN4O/c12-7-1-2-9-6(3-7)4-8(11(17)14-9)10-5-13-16-15-10/h1-5H,(H,14,17)(H,13,15,16). The molecule has 1 aromatic carbocycles. The molecule has 0 atom stereocenters. The third kappa shape index (κ3) is 1.59. The molecule has 2 aromatic heterocycles. The number of rotatable bonds is 1. The Morgan fingerprint density at radius 1 is 1.24 bits per heavy atom. The lowest BCUT2D eigenvalue weighted by Crippen LogP contribution is -2.08. The number of H-pyrrole nitrogens is 2. The van der Waals surface area contributed by atoms with E-state index in [4.69, 9.17) is 0 Å². The Morgan fingerprint density at radius 2 is 2.12 bits per heavy atom. The molecule has 5 nitrogen and oxygen atoms in total. The van der Waals surface area contributed by atoms with Crippen molar-refractivity contribution in [2.75, 3.05) is 0 Å². The summed E-state index contributed by atoms with van der Waals surface area (Å²) in [6, 6.07) is 5.77. The van der Waals surface area contributed by atoms with Crippen LogP contribution in [0.5, 0.6) is 0 Å². The molecular formula is C11H7FN4O. The maximum absolute atomic E-state index is 13.1. The lowest BCUT2D eigenvalue weighted by Gasteiger charge is -2.00. The predicted molar refractivity (Wildman–Crippen MR) is 59.9 cm³/mol. The fraction of sp³-hybridized carbons (Fsp3) is 0. The summed E-state index contributed by atoms with van der Waals surface area (Å²) in [6.45, 7) is 0. The minimum Gasteiger partial charge on any atom is -0.321 e. The van der Waals surface area contributed by atoms with Gasteiger partial charge >= 0.3 is 0 Å². The van der Waals surface area contributed by atoms with Gasteiger partial charge in [-0.3, -0.25) is 4.79 Å². The van der Waals surface area contributed by atoms with Crippen molar-refractivity contribution in [1.29, 1.82) is 0 Å². The van der Waals surface area contributed by atoms with Gasteiger partial charge in [0.25, 0.3) is 5.56 Å². The van der Waals surface area contributed by atoms with Crippen LogP contribution in [-0.4, -0.2) is 20.4 Å². The zero-order valence-electron chi connectivity index (χ0n) is 8.57. The first kappa shape index (κ1) is 9.71. The second kappa shape index (κ2) is 3.51. The molecule has 0 aliphatic carbocycles. The lowest BCUT2D eigenvalue weighted by molar-refractivity contribution is 0.629. The van der Waals surface area contributed by atoms with E-state index in [0.717, 1.165) is 0 Å². The third-order valence-corrected chi connectivity index (χ3v) is 2.50. The molecule has 0 amide bonds. The molecule has 3 aromatic rings. The van der Waals surface area contributed by atoms with Crippen molar-refractivity contribution in [2.45, 2.75) is 0 Å². The van der Waals surface area contributed by atoms with Crippen LogP contribution in [0.25, 0.3) is 22.2 Å². The Hall–Kier alpha value is -2.50. The molecule has 0 saturated heterocycles. The smallest absolute Gasteiger partial charge is 0.258 e. The van der Waals surface area contributed by atoms with Crippen molar-refractivity contribution in [2.24, 2.45) is 0 Å². The molecule has 2 heterocycles. The van der Waals surface area contributed by atoms with Crippen LogP contribution in [-0.2, 0) is 0 Å². The summed E-state index contributed by atoms with van der Waals surface area (Å²) in [4.78, 5) is 14.5.